The third-order valence-corrected chi connectivity index (χ3v) is 3.92. The predicted molar refractivity (Wildman–Crippen MR) is 80.9 cm³/mol. The van der Waals surface area contributed by atoms with Crippen molar-refractivity contribution in [2.45, 2.75) is 52.2 Å². The van der Waals surface area contributed by atoms with E-state index in [2.05, 4.69) is 20.4 Å². The summed E-state index contributed by atoms with van der Waals surface area (Å²) in [7, 11) is 0. The number of β-amino-alcohol motifs (C(OH)–C–C–N with tert-alkyl or cyclic N) is 1. The van der Waals surface area contributed by atoms with Gasteiger partial charge in [0.2, 0.25) is 5.89 Å². The number of likely N-dealkylation sites (tertiary alicyclic amines) is 1. The van der Waals surface area contributed by atoms with Crippen molar-refractivity contribution in [1.29, 1.82) is 0 Å². The Kier molecular flexibility index (Phi) is 6.14. The monoisotopic (exact) mass is 296 g/mol. The van der Waals surface area contributed by atoms with Crippen LogP contribution in [0.4, 0.5) is 0 Å². The molecule has 1 saturated heterocycles. The van der Waals surface area contributed by atoms with Crippen molar-refractivity contribution in [1.82, 2.24) is 20.4 Å². The van der Waals surface area contributed by atoms with Gasteiger partial charge in [-0.15, -0.1) is 0 Å². The highest BCUT2D eigenvalue weighted by Crippen LogP contribution is 2.16. The van der Waals surface area contributed by atoms with E-state index in [9.17, 15) is 5.11 Å². The van der Waals surface area contributed by atoms with Gasteiger partial charge >= 0.3 is 0 Å². The van der Waals surface area contributed by atoms with E-state index in [1.54, 1.807) is 0 Å². The average molecular weight is 296 g/mol. The Balaban J connectivity index is 1.63. The van der Waals surface area contributed by atoms with Gasteiger partial charge in [0.15, 0.2) is 5.82 Å². The molecule has 6 nitrogen and oxygen atoms in total. The molecule has 0 spiro atoms. The molecule has 120 valence electrons. The Bertz CT molecular complexity index is 412. The maximum Gasteiger partial charge on any atom is 0.229 e. The van der Waals surface area contributed by atoms with Crippen LogP contribution in [0, 0.1) is 5.92 Å². The van der Waals surface area contributed by atoms with Gasteiger partial charge in [-0.3, -0.25) is 0 Å². The third-order valence-electron chi connectivity index (χ3n) is 3.92. The molecular weight excluding hydrogens is 268 g/mol. The molecule has 0 bridgehead atoms. The fourth-order valence-corrected chi connectivity index (χ4v) is 2.71. The standard InChI is InChI=1S/C15H28N4O2/c1-11(2)15-17-14(18-21-15)9-16-8-13-4-6-19(7-5-13)10-12(3)20/h11-13,16,20H,4-10H2,1-3H3/t12-/m0/s1. The first-order valence-electron chi connectivity index (χ1n) is 7.98. The first-order chi connectivity index (χ1) is 10.0. The number of nitrogens with one attached hydrogen (secondary N) is 1. The lowest BCUT2D eigenvalue weighted by Crippen LogP contribution is -2.40. The largest absolute Gasteiger partial charge is 0.392 e. The molecule has 6 heteroatoms. The lowest BCUT2D eigenvalue weighted by Gasteiger charge is -2.32. The minimum Gasteiger partial charge on any atom is -0.392 e. The van der Waals surface area contributed by atoms with Gasteiger partial charge in [0.1, 0.15) is 0 Å². The normalized spacial score (nSPS) is 19.3. The Morgan fingerprint density at radius 2 is 2.05 bits per heavy atom. The minimum absolute atomic E-state index is 0.229. The maximum atomic E-state index is 9.40. The summed E-state index contributed by atoms with van der Waals surface area (Å²) in [4.78, 5) is 6.70. The SMILES string of the molecule is CC(C)c1nc(CNCC2CCN(C[C@H](C)O)CC2)no1. The van der Waals surface area contributed by atoms with E-state index >= 15 is 0 Å². The van der Waals surface area contributed by atoms with Crippen LogP contribution in [0.3, 0.4) is 0 Å². The van der Waals surface area contributed by atoms with Gasteiger partial charge in [-0.05, 0) is 45.3 Å². The molecule has 0 aliphatic carbocycles. The van der Waals surface area contributed by atoms with Crippen LogP contribution in [0.25, 0.3) is 0 Å². The molecule has 0 unspecified atom stereocenters. The first-order valence-corrected chi connectivity index (χ1v) is 7.98. The maximum absolute atomic E-state index is 9.40. The van der Waals surface area contributed by atoms with E-state index in [4.69, 9.17) is 4.52 Å². The number of hydrogen-bond donors (Lipinski definition) is 2. The molecule has 1 atom stereocenters. The molecule has 21 heavy (non-hydrogen) atoms. The fraction of sp³-hybridized carbons (Fsp3) is 0.867. The summed E-state index contributed by atoms with van der Waals surface area (Å²) in [5.74, 6) is 2.43. The van der Waals surface area contributed by atoms with Gasteiger partial charge in [-0.25, -0.2) is 0 Å². The molecule has 0 amide bonds. The molecule has 2 rings (SSSR count). The van der Waals surface area contributed by atoms with Crippen molar-refractivity contribution in [3.05, 3.63) is 11.7 Å². The molecule has 1 aliphatic heterocycles. The number of aliphatic hydroxyl groups is 1. The second kappa shape index (κ2) is 7.87. The predicted octanol–water partition coefficient (Wildman–Crippen LogP) is 1.38. The summed E-state index contributed by atoms with van der Waals surface area (Å²) in [6.07, 6.45) is 2.14. The highest BCUT2D eigenvalue weighted by atomic mass is 16.5. The van der Waals surface area contributed by atoms with E-state index in [0.717, 1.165) is 32.0 Å². The van der Waals surface area contributed by atoms with Crippen LogP contribution in [0.15, 0.2) is 4.52 Å². The summed E-state index contributed by atoms with van der Waals surface area (Å²) in [6, 6.07) is 0. The van der Waals surface area contributed by atoms with Crippen molar-refractivity contribution < 1.29 is 9.63 Å². The molecule has 1 fully saturated rings. The second-order valence-electron chi connectivity index (χ2n) is 6.43. The summed E-state index contributed by atoms with van der Waals surface area (Å²) >= 11 is 0. The second-order valence-corrected chi connectivity index (χ2v) is 6.43. The van der Waals surface area contributed by atoms with Gasteiger partial charge in [-0.1, -0.05) is 19.0 Å². The molecule has 2 N–H and O–H groups in total. The van der Waals surface area contributed by atoms with Crippen LogP contribution >= 0.6 is 0 Å². The van der Waals surface area contributed by atoms with E-state index in [0.29, 0.717) is 18.4 Å². The van der Waals surface area contributed by atoms with E-state index < -0.39 is 0 Å². The Morgan fingerprint density at radius 1 is 1.33 bits per heavy atom. The molecular formula is C15H28N4O2. The number of piperidine rings is 1. The number of hydrogen-bond acceptors (Lipinski definition) is 6. The van der Waals surface area contributed by atoms with Crippen molar-refractivity contribution in [2.75, 3.05) is 26.2 Å². The van der Waals surface area contributed by atoms with Crippen LogP contribution in [0.1, 0.15) is 51.2 Å². The molecule has 0 aromatic carbocycles. The highest BCUT2D eigenvalue weighted by Gasteiger charge is 2.19. The lowest BCUT2D eigenvalue weighted by molar-refractivity contribution is 0.0997. The molecule has 0 saturated carbocycles. The zero-order valence-corrected chi connectivity index (χ0v) is 13.4. The summed E-state index contributed by atoms with van der Waals surface area (Å²) in [5.41, 5.74) is 0. The number of aromatic nitrogens is 2. The van der Waals surface area contributed by atoms with Gasteiger partial charge in [-0.2, -0.15) is 4.98 Å². The summed E-state index contributed by atoms with van der Waals surface area (Å²) < 4.78 is 5.19. The topological polar surface area (TPSA) is 74.4 Å². The smallest absolute Gasteiger partial charge is 0.229 e. The first kappa shape index (κ1) is 16.4. The Morgan fingerprint density at radius 3 is 2.62 bits per heavy atom. The molecule has 1 aliphatic rings. The van der Waals surface area contributed by atoms with Gasteiger partial charge in [0, 0.05) is 12.5 Å². The fourth-order valence-electron chi connectivity index (χ4n) is 2.71. The molecule has 1 aromatic heterocycles. The van der Waals surface area contributed by atoms with Crippen LogP contribution in [0.2, 0.25) is 0 Å². The van der Waals surface area contributed by atoms with Crippen LogP contribution in [0.5, 0.6) is 0 Å². The van der Waals surface area contributed by atoms with E-state index in [-0.39, 0.29) is 12.0 Å². The third kappa shape index (κ3) is 5.37. The summed E-state index contributed by atoms with van der Waals surface area (Å²) in [6.45, 7) is 10.6. The highest BCUT2D eigenvalue weighted by molar-refractivity contribution is 4.90. The summed E-state index contributed by atoms with van der Waals surface area (Å²) in [5, 5.41) is 16.8. The van der Waals surface area contributed by atoms with Crippen LogP contribution in [-0.2, 0) is 6.54 Å². The van der Waals surface area contributed by atoms with Crippen molar-refractivity contribution >= 4 is 0 Å². The van der Waals surface area contributed by atoms with E-state index in [1.807, 2.05) is 20.8 Å². The Hall–Kier alpha value is -0.980. The van der Waals surface area contributed by atoms with Gasteiger partial charge in [0.25, 0.3) is 0 Å². The lowest BCUT2D eigenvalue weighted by atomic mass is 9.96. The average Bonchev–Trinajstić information content (AvgIpc) is 2.89. The van der Waals surface area contributed by atoms with Crippen LogP contribution in [-0.4, -0.2) is 52.4 Å². The zero-order valence-electron chi connectivity index (χ0n) is 13.4. The van der Waals surface area contributed by atoms with Crippen molar-refractivity contribution in [3.8, 4) is 0 Å². The Labute approximate surface area is 126 Å². The minimum atomic E-state index is -0.229. The van der Waals surface area contributed by atoms with Gasteiger partial charge < -0.3 is 19.8 Å². The van der Waals surface area contributed by atoms with Crippen molar-refractivity contribution in [3.63, 3.8) is 0 Å². The number of aliphatic hydroxyl groups excluding tert-OH is 1. The van der Waals surface area contributed by atoms with E-state index in [1.165, 1.54) is 12.8 Å². The quantitative estimate of drug-likeness (QED) is 0.792. The number of nitrogens with zero attached hydrogens (tertiary/aromatic N) is 3. The van der Waals surface area contributed by atoms with Crippen molar-refractivity contribution in [2.24, 2.45) is 5.92 Å². The molecule has 2 heterocycles. The van der Waals surface area contributed by atoms with Gasteiger partial charge in [0.05, 0.1) is 12.6 Å². The zero-order chi connectivity index (χ0) is 15.2. The molecule has 0 radical (unpaired) electrons. The molecule has 1 aromatic rings. The van der Waals surface area contributed by atoms with Crippen LogP contribution < -0.4 is 5.32 Å². The number of rotatable bonds is 7.